The highest BCUT2D eigenvalue weighted by Gasteiger charge is 2.26. The van der Waals surface area contributed by atoms with Gasteiger partial charge >= 0.3 is 5.97 Å². The summed E-state index contributed by atoms with van der Waals surface area (Å²) in [6.07, 6.45) is 3.67. The molecule has 0 atom stereocenters. The molecule has 0 amide bonds. The molecule has 5 N–H and O–H groups in total. The molecular weight excluding hydrogens is 348 g/mol. The van der Waals surface area contributed by atoms with Crippen LogP contribution in [-0.2, 0) is 19.1 Å². The molecule has 0 aromatic carbocycles. The third-order valence-electron chi connectivity index (χ3n) is 2.21. The number of carbonyl (C=O) groups is 3. The molecule has 152 valence electrons. The van der Waals surface area contributed by atoms with Gasteiger partial charge in [0.2, 0.25) is 0 Å². The molecule has 0 saturated carbocycles. The lowest BCUT2D eigenvalue weighted by molar-refractivity contribution is -0.139. The predicted octanol–water partition coefficient (Wildman–Crippen LogP) is -1.22. The molecule has 0 aliphatic heterocycles. The number of aliphatic hydroxyl groups is 5. The molecule has 0 rings (SSSR count). The zero-order valence-corrected chi connectivity index (χ0v) is 15.0. The van der Waals surface area contributed by atoms with Crippen LogP contribution in [0.4, 0.5) is 0 Å². The van der Waals surface area contributed by atoms with Gasteiger partial charge in [-0.05, 0) is 19.1 Å². The van der Waals surface area contributed by atoms with E-state index in [1.165, 1.54) is 12.2 Å². The molecule has 26 heavy (non-hydrogen) atoms. The molecule has 0 aliphatic rings. The lowest BCUT2D eigenvalue weighted by Crippen LogP contribution is -2.37. The van der Waals surface area contributed by atoms with Crippen LogP contribution in [-0.4, -0.2) is 83.7 Å². The van der Waals surface area contributed by atoms with Crippen molar-refractivity contribution in [3.63, 3.8) is 0 Å². The van der Waals surface area contributed by atoms with Crippen molar-refractivity contribution in [3.8, 4) is 0 Å². The molecule has 0 aliphatic carbocycles. The summed E-state index contributed by atoms with van der Waals surface area (Å²) in [5.74, 6) is -0.455. The second-order valence-electron chi connectivity index (χ2n) is 4.52. The van der Waals surface area contributed by atoms with Crippen LogP contribution in [0.3, 0.4) is 0 Å². The first kappa shape index (κ1) is 31.6. The maximum atomic E-state index is 10.5. The smallest absolute Gasteiger partial charge is 0.333 e. The van der Waals surface area contributed by atoms with Crippen molar-refractivity contribution in [1.82, 2.24) is 0 Å². The third kappa shape index (κ3) is 24.1. The lowest BCUT2D eigenvalue weighted by atomic mass is 9.93. The van der Waals surface area contributed by atoms with E-state index in [9.17, 15) is 4.79 Å². The highest BCUT2D eigenvalue weighted by Crippen LogP contribution is 2.11. The average Bonchev–Trinajstić information content (AvgIpc) is 2.69. The van der Waals surface area contributed by atoms with Crippen molar-refractivity contribution >= 4 is 18.5 Å². The van der Waals surface area contributed by atoms with Crippen LogP contribution in [0.1, 0.15) is 6.92 Å². The molecule has 0 unspecified atom stereocenters. The Hall–Kier alpha value is -2.17. The molecule has 0 bridgehead atoms. The van der Waals surface area contributed by atoms with Gasteiger partial charge in [-0.2, -0.15) is 0 Å². The number of carbonyl (C=O) groups excluding carboxylic acids is 3. The van der Waals surface area contributed by atoms with E-state index >= 15 is 0 Å². The highest BCUT2D eigenvalue weighted by molar-refractivity contribution is 5.86. The molecule has 0 radical (unpaired) electrons. The number of hydrogen-bond donors (Lipinski definition) is 5. The Bertz CT molecular complexity index is 346. The first-order valence-corrected chi connectivity index (χ1v) is 7.25. The summed E-state index contributed by atoms with van der Waals surface area (Å²) < 4.78 is 4.46. The van der Waals surface area contributed by atoms with Gasteiger partial charge in [0.05, 0.1) is 38.4 Å². The number of esters is 1. The summed E-state index contributed by atoms with van der Waals surface area (Å²) >= 11 is 0. The number of hydrogen-bond acceptors (Lipinski definition) is 9. The summed E-state index contributed by atoms with van der Waals surface area (Å²) in [7, 11) is 0. The SMILES string of the molecule is C=C(C)C(=O)OCCO.C=CC=O.C=CC=O.OCC(CO)(CO)CO. The summed E-state index contributed by atoms with van der Waals surface area (Å²) in [4.78, 5) is 28.6. The van der Waals surface area contributed by atoms with Gasteiger partial charge in [0.25, 0.3) is 0 Å². The fourth-order valence-corrected chi connectivity index (χ4v) is 0.562. The van der Waals surface area contributed by atoms with Crippen LogP contribution in [0.2, 0.25) is 0 Å². The van der Waals surface area contributed by atoms with E-state index in [0.29, 0.717) is 18.1 Å². The summed E-state index contributed by atoms with van der Waals surface area (Å²) in [5.41, 5.74) is -0.761. The molecule has 0 fully saturated rings. The van der Waals surface area contributed by atoms with Crippen molar-refractivity contribution in [1.29, 1.82) is 0 Å². The van der Waals surface area contributed by atoms with Crippen molar-refractivity contribution in [2.24, 2.45) is 5.41 Å². The quantitative estimate of drug-likeness (QED) is 0.188. The fraction of sp³-hybridized carbons (Fsp3) is 0.471. The molecule has 0 heterocycles. The zero-order chi connectivity index (χ0) is 21.4. The van der Waals surface area contributed by atoms with Crippen LogP contribution in [0.5, 0.6) is 0 Å². The first-order chi connectivity index (χ1) is 12.3. The van der Waals surface area contributed by atoms with Crippen LogP contribution in [0.15, 0.2) is 37.5 Å². The second-order valence-corrected chi connectivity index (χ2v) is 4.52. The Balaban J connectivity index is -0.000000134. The number of rotatable bonds is 9. The lowest BCUT2D eigenvalue weighted by Gasteiger charge is -2.23. The van der Waals surface area contributed by atoms with E-state index in [-0.39, 0.29) is 13.2 Å². The van der Waals surface area contributed by atoms with Gasteiger partial charge < -0.3 is 30.3 Å². The number of allylic oxidation sites excluding steroid dienone is 2. The Morgan fingerprint density at radius 1 is 0.923 bits per heavy atom. The van der Waals surface area contributed by atoms with Gasteiger partial charge in [0.15, 0.2) is 0 Å². The maximum Gasteiger partial charge on any atom is 0.333 e. The molecule has 0 spiro atoms. The fourth-order valence-electron chi connectivity index (χ4n) is 0.562. The molecular formula is C17H30O9. The molecule has 0 aromatic rings. The Morgan fingerprint density at radius 2 is 1.23 bits per heavy atom. The van der Waals surface area contributed by atoms with Gasteiger partial charge in [-0.3, -0.25) is 9.59 Å². The normalized spacial score (nSPS) is 8.69. The van der Waals surface area contributed by atoms with E-state index in [1.54, 1.807) is 6.92 Å². The molecule has 9 nitrogen and oxygen atoms in total. The van der Waals surface area contributed by atoms with Crippen LogP contribution < -0.4 is 0 Å². The number of aldehydes is 2. The second kappa shape index (κ2) is 25.1. The van der Waals surface area contributed by atoms with Crippen LogP contribution in [0, 0.1) is 5.41 Å². The minimum atomic E-state index is -1.11. The van der Waals surface area contributed by atoms with Gasteiger partial charge in [0, 0.05) is 5.57 Å². The minimum absolute atomic E-state index is 0.0473. The average molecular weight is 378 g/mol. The number of ether oxygens (including phenoxy) is 1. The third-order valence-corrected chi connectivity index (χ3v) is 2.21. The van der Waals surface area contributed by atoms with E-state index in [4.69, 9.17) is 35.1 Å². The predicted molar refractivity (Wildman–Crippen MR) is 96.2 cm³/mol. The molecule has 0 saturated heterocycles. The van der Waals surface area contributed by atoms with E-state index in [0.717, 1.165) is 0 Å². The summed E-state index contributed by atoms with van der Waals surface area (Å²) in [6, 6.07) is 0. The largest absolute Gasteiger partial charge is 0.460 e. The van der Waals surface area contributed by atoms with Gasteiger partial charge in [-0.1, -0.05) is 19.7 Å². The zero-order valence-electron chi connectivity index (χ0n) is 15.0. The highest BCUT2D eigenvalue weighted by atomic mass is 16.5. The van der Waals surface area contributed by atoms with Crippen molar-refractivity contribution < 1.29 is 44.7 Å². The first-order valence-electron chi connectivity index (χ1n) is 7.25. The molecule has 9 heteroatoms. The minimum Gasteiger partial charge on any atom is -0.460 e. The topological polar surface area (TPSA) is 162 Å². The standard InChI is InChI=1S/C6H10O3.C5H12O4.2C3H4O/c1-5(2)6(8)9-4-3-7;6-1-5(2-7,3-8)4-9;2*1-2-3-4/h7H,1,3-4H2,2H3;6-9H,1-4H2;2*2-3H,1H2. The maximum absolute atomic E-state index is 10.5. The van der Waals surface area contributed by atoms with Gasteiger partial charge in [0.1, 0.15) is 19.2 Å². The monoisotopic (exact) mass is 378 g/mol. The van der Waals surface area contributed by atoms with Gasteiger partial charge in [-0.25, -0.2) is 4.79 Å². The van der Waals surface area contributed by atoms with Crippen molar-refractivity contribution in [3.05, 3.63) is 37.5 Å². The van der Waals surface area contributed by atoms with Crippen LogP contribution in [0.25, 0.3) is 0 Å². The van der Waals surface area contributed by atoms with E-state index in [2.05, 4.69) is 24.5 Å². The Labute approximate surface area is 153 Å². The molecule has 0 aromatic heterocycles. The number of aliphatic hydroxyl groups excluding tert-OH is 5. The summed E-state index contributed by atoms with van der Waals surface area (Å²) in [5, 5.41) is 42.2. The van der Waals surface area contributed by atoms with Crippen molar-refractivity contribution in [2.45, 2.75) is 6.92 Å². The van der Waals surface area contributed by atoms with E-state index in [1.807, 2.05) is 0 Å². The van der Waals surface area contributed by atoms with Crippen LogP contribution >= 0.6 is 0 Å². The summed E-state index contributed by atoms with van der Waals surface area (Å²) in [6.45, 7) is 9.41. The van der Waals surface area contributed by atoms with E-state index < -0.39 is 37.8 Å². The van der Waals surface area contributed by atoms with Crippen molar-refractivity contribution in [2.75, 3.05) is 39.6 Å². The Morgan fingerprint density at radius 3 is 1.35 bits per heavy atom. The Kier molecular flexibility index (Phi) is 30.5. The van der Waals surface area contributed by atoms with Gasteiger partial charge in [-0.15, -0.1) is 0 Å².